The summed E-state index contributed by atoms with van der Waals surface area (Å²) in [4.78, 5) is 28.1. The molecule has 4 rings (SSSR count). The van der Waals surface area contributed by atoms with Crippen LogP contribution in [0, 0.1) is 0 Å². The third kappa shape index (κ3) is 2.31. The predicted molar refractivity (Wildman–Crippen MR) is 87.2 cm³/mol. The molecule has 2 aliphatic carbocycles. The van der Waals surface area contributed by atoms with E-state index in [-0.39, 0.29) is 18.5 Å². The molecule has 124 valence electrons. The number of hydrogen-bond donors (Lipinski definition) is 2. The van der Waals surface area contributed by atoms with Crippen LogP contribution < -0.4 is 5.32 Å². The lowest BCUT2D eigenvalue weighted by Crippen LogP contribution is -2.49. The van der Waals surface area contributed by atoms with Gasteiger partial charge in [-0.2, -0.15) is 0 Å². The van der Waals surface area contributed by atoms with Gasteiger partial charge in [-0.05, 0) is 43.6 Å². The highest BCUT2D eigenvalue weighted by atomic mass is 32.1. The van der Waals surface area contributed by atoms with Crippen LogP contribution in [0.3, 0.4) is 0 Å². The number of carbonyl (C=O) groups excluding carboxylic acids is 2. The van der Waals surface area contributed by atoms with E-state index >= 15 is 0 Å². The zero-order chi connectivity index (χ0) is 16.1. The largest absolute Gasteiger partial charge is 0.388 e. The number of aryl methyl sites for hydroxylation is 1. The number of β-amino-alcohol motifs (C(OH)–C–C–N with tert-alkyl or cyclic N) is 1. The van der Waals surface area contributed by atoms with Crippen LogP contribution in [0.15, 0.2) is 11.4 Å². The molecule has 1 saturated heterocycles. The second kappa shape index (κ2) is 5.31. The number of aliphatic hydroxyl groups is 1. The number of fused-ring (bicyclic) bond motifs is 2. The Balaban J connectivity index is 1.63. The Labute approximate surface area is 139 Å². The van der Waals surface area contributed by atoms with Crippen LogP contribution in [-0.2, 0) is 16.8 Å². The summed E-state index contributed by atoms with van der Waals surface area (Å²) >= 11 is 1.65. The smallest absolute Gasteiger partial charge is 0.325 e. The number of carbonyl (C=O) groups is 2. The molecule has 0 unspecified atom stereocenters. The van der Waals surface area contributed by atoms with Gasteiger partial charge in [-0.15, -0.1) is 11.3 Å². The Morgan fingerprint density at radius 2 is 1.96 bits per heavy atom. The molecule has 0 bridgehead atoms. The zero-order valence-corrected chi connectivity index (χ0v) is 14.0. The van der Waals surface area contributed by atoms with E-state index in [2.05, 4.69) is 5.32 Å². The molecule has 0 radical (unpaired) electrons. The van der Waals surface area contributed by atoms with Crippen LogP contribution in [0.4, 0.5) is 4.79 Å². The van der Waals surface area contributed by atoms with Gasteiger partial charge in [-0.25, -0.2) is 4.79 Å². The maximum absolute atomic E-state index is 13.1. The van der Waals surface area contributed by atoms with E-state index in [0.29, 0.717) is 19.3 Å². The molecule has 1 aliphatic heterocycles. The molecule has 1 spiro atoms. The first kappa shape index (κ1) is 15.1. The van der Waals surface area contributed by atoms with Gasteiger partial charge in [0.25, 0.3) is 5.91 Å². The first-order valence-electron chi connectivity index (χ1n) is 8.47. The molecule has 3 amide bonds. The molecule has 1 saturated carbocycles. The summed E-state index contributed by atoms with van der Waals surface area (Å²) in [6, 6.07) is 1.61. The Bertz CT molecular complexity index is 650. The van der Waals surface area contributed by atoms with E-state index in [1.807, 2.05) is 11.4 Å². The lowest BCUT2D eigenvalue weighted by atomic mass is 9.79. The van der Waals surface area contributed by atoms with Crippen LogP contribution in [0.1, 0.15) is 55.4 Å². The fraction of sp³-hybridized carbons (Fsp3) is 0.647. The molecule has 3 aliphatic rings. The van der Waals surface area contributed by atoms with E-state index in [0.717, 1.165) is 37.7 Å². The maximum atomic E-state index is 13.1. The average molecular weight is 334 g/mol. The van der Waals surface area contributed by atoms with Crippen molar-refractivity contribution in [1.29, 1.82) is 0 Å². The van der Waals surface area contributed by atoms with Crippen molar-refractivity contribution in [1.82, 2.24) is 10.2 Å². The number of thiophene rings is 1. The maximum Gasteiger partial charge on any atom is 0.325 e. The Hall–Kier alpha value is -1.40. The second-order valence-corrected chi connectivity index (χ2v) is 8.12. The van der Waals surface area contributed by atoms with Crippen molar-refractivity contribution < 1.29 is 14.7 Å². The third-order valence-electron chi connectivity index (χ3n) is 5.57. The monoisotopic (exact) mass is 334 g/mol. The van der Waals surface area contributed by atoms with E-state index in [9.17, 15) is 14.7 Å². The summed E-state index contributed by atoms with van der Waals surface area (Å²) in [6.07, 6.45) is 6.89. The molecular weight excluding hydrogens is 312 g/mol. The van der Waals surface area contributed by atoms with E-state index < -0.39 is 11.1 Å². The molecule has 1 atom stereocenters. The van der Waals surface area contributed by atoms with Gasteiger partial charge in [0.05, 0.1) is 12.1 Å². The first-order valence-corrected chi connectivity index (χ1v) is 9.35. The molecule has 1 aromatic rings. The highest BCUT2D eigenvalue weighted by molar-refractivity contribution is 7.10. The van der Waals surface area contributed by atoms with Gasteiger partial charge >= 0.3 is 6.03 Å². The number of hydrogen-bond acceptors (Lipinski definition) is 4. The Kier molecular flexibility index (Phi) is 3.50. The summed E-state index contributed by atoms with van der Waals surface area (Å²) in [5.41, 5.74) is -0.844. The van der Waals surface area contributed by atoms with Gasteiger partial charge in [0.15, 0.2) is 0 Å². The molecule has 5 nitrogen and oxygen atoms in total. The van der Waals surface area contributed by atoms with Crippen molar-refractivity contribution in [3.8, 4) is 0 Å². The fourth-order valence-corrected chi connectivity index (χ4v) is 5.35. The number of imide groups is 1. The Morgan fingerprint density at radius 1 is 1.17 bits per heavy atom. The van der Waals surface area contributed by atoms with Crippen LogP contribution in [0.25, 0.3) is 0 Å². The quantitative estimate of drug-likeness (QED) is 0.817. The van der Waals surface area contributed by atoms with Crippen LogP contribution in [-0.4, -0.2) is 34.1 Å². The first-order chi connectivity index (χ1) is 11.0. The predicted octanol–water partition coefficient (Wildman–Crippen LogP) is 2.53. The van der Waals surface area contributed by atoms with Gasteiger partial charge in [0, 0.05) is 10.4 Å². The van der Waals surface area contributed by atoms with Crippen LogP contribution in [0.2, 0.25) is 0 Å². The number of amides is 3. The lowest BCUT2D eigenvalue weighted by molar-refractivity contribution is -0.135. The van der Waals surface area contributed by atoms with Gasteiger partial charge < -0.3 is 10.4 Å². The van der Waals surface area contributed by atoms with Gasteiger partial charge in [-0.1, -0.05) is 19.3 Å². The minimum Gasteiger partial charge on any atom is -0.388 e. The average Bonchev–Trinajstić information content (AvgIpc) is 3.09. The van der Waals surface area contributed by atoms with E-state index in [1.165, 1.54) is 9.78 Å². The summed E-state index contributed by atoms with van der Waals surface area (Å²) in [7, 11) is 0. The number of nitrogens with zero attached hydrogens (tertiary/aromatic N) is 1. The molecule has 23 heavy (non-hydrogen) atoms. The standard InChI is InChI=1S/C17H22N2O3S/c20-14-17(9-4-5-13-12(17)6-10-23-13)18-15(21)19(14)11-16(22)7-2-1-3-8-16/h6,10,22H,1-5,7-9,11H2,(H,18,21)/t17-/m1/s1. The highest BCUT2D eigenvalue weighted by Crippen LogP contribution is 2.43. The van der Waals surface area contributed by atoms with Crippen LogP contribution >= 0.6 is 11.3 Å². The highest BCUT2D eigenvalue weighted by Gasteiger charge is 2.55. The van der Waals surface area contributed by atoms with Crippen molar-refractivity contribution in [3.05, 3.63) is 21.9 Å². The van der Waals surface area contributed by atoms with Gasteiger partial charge in [0.2, 0.25) is 0 Å². The normalized spacial score (nSPS) is 29.7. The third-order valence-corrected chi connectivity index (χ3v) is 6.55. The molecule has 2 fully saturated rings. The summed E-state index contributed by atoms with van der Waals surface area (Å²) in [5, 5.41) is 15.7. The summed E-state index contributed by atoms with van der Waals surface area (Å²) < 4.78 is 0. The molecule has 2 N–H and O–H groups in total. The zero-order valence-electron chi connectivity index (χ0n) is 13.1. The molecule has 0 aromatic carbocycles. The van der Waals surface area contributed by atoms with Crippen molar-refractivity contribution in [2.75, 3.05) is 6.54 Å². The van der Waals surface area contributed by atoms with Gasteiger partial charge in [-0.3, -0.25) is 9.69 Å². The lowest BCUT2D eigenvalue weighted by Gasteiger charge is -2.35. The fourth-order valence-electron chi connectivity index (χ4n) is 4.35. The van der Waals surface area contributed by atoms with Crippen LogP contribution in [0.5, 0.6) is 0 Å². The van der Waals surface area contributed by atoms with Crippen molar-refractivity contribution in [2.45, 2.75) is 62.5 Å². The van der Waals surface area contributed by atoms with Crippen molar-refractivity contribution >= 4 is 23.3 Å². The van der Waals surface area contributed by atoms with Gasteiger partial charge in [0.1, 0.15) is 5.54 Å². The minimum absolute atomic E-state index is 0.124. The minimum atomic E-state index is -0.914. The Morgan fingerprint density at radius 3 is 2.74 bits per heavy atom. The van der Waals surface area contributed by atoms with E-state index in [4.69, 9.17) is 0 Å². The SMILES string of the molecule is O=C1N[C@@]2(CCCc3sccc32)C(=O)N1CC1(O)CCCCC1. The molecular formula is C17H22N2O3S. The number of nitrogens with one attached hydrogen (secondary N) is 1. The topological polar surface area (TPSA) is 69.6 Å². The second-order valence-electron chi connectivity index (χ2n) is 7.12. The number of rotatable bonds is 2. The summed E-state index contributed by atoms with van der Waals surface area (Å²) in [5.74, 6) is -0.180. The molecule has 2 heterocycles. The van der Waals surface area contributed by atoms with Crippen molar-refractivity contribution in [2.24, 2.45) is 0 Å². The molecule has 1 aromatic heterocycles. The summed E-state index contributed by atoms with van der Waals surface area (Å²) in [6.45, 7) is 0.124. The molecule has 6 heteroatoms. The van der Waals surface area contributed by atoms with Crippen molar-refractivity contribution in [3.63, 3.8) is 0 Å². The van der Waals surface area contributed by atoms with E-state index in [1.54, 1.807) is 11.3 Å². The number of urea groups is 1.